The van der Waals surface area contributed by atoms with Gasteiger partial charge in [-0.3, -0.25) is 9.48 Å². The van der Waals surface area contributed by atoms with E-state index in [2.05, 4.69) is 15.6 Å². The first-order valence-corrected chi connectivity index (χ1v) is 4.89. The maximum atomic E-state index is 11.7. The minimum atomic E-state index is -0.251. The van der Waals surface area contributed by atoms with Crippen LogP contribution in [-0.4, -0.2) is 20.9 Å². The maximum Gasteiger partial charge on any atom is 0.277 e. The highest BCUT2D eigenvalue weighted by atomic mass is 16.2. The van der Waals surface area contributed by atoms with Crippen LogP contribution in [0.5, 0.6) is 0 Å². The van der Waals surface area contributed by atoms with E-state index in [1.807, 2.05) is 31.2 Å². The average molecular weight is 216 g/mol. The summed E-state index contributed by atoms with van der Waals surface area (Å²) in [6, 6.07) is 7.59. The molecule has 0 saturated heterocycles. The van der Waals surface area contributed by atoms with Gasteiger partial charge in [0.05, 0.1) is 6.20 Å². The first-order valence-electron chi connectivity index (χ1n) is 4.89. The Morgan fingerprint density at radius 1 is 1.44 bits per heavy atom. The Bertz CT molecular complexity index is 518. The molecule has 1 N–H and O–H groups in total. The summed E-state index contributed by atoms with van der Waals surface area (Å²) in [6.07, 6.45) is 1.57. The van der Waals surface area contributed by atoms with Crippen LogP contribution in [0.1, 0.15) is 16.1 Å². The first kappa shape index (κ1) is 10.4. The molecule has 0 aliphatic rings. The summed E-state index contributed by atoms with van der Waals surface area (Å²) in [5, 5.41) is 10.2. The summed E-state index contributed by atoms with van der Waals surface area (Å²) in [5.74, 6) is -0.251. The van der Waals surface area contributed by atoms with Gasteiger partial charge in [0, 0.05) is 12.7 Å². The van der Waals surface area contributed by atoms with E-state index in [0.717, 1.165) is 11.3 Å². The lowest BCUT2D eigenvalue weighted by Crippen LogP contribution is -2.12. The van der Waals surface area contributed by atoms with Gasteiger partial charge in [-0.05, 0) is 24.6 Å². The molecule has 1 amide bonds. The van der Waals surface area contributed by atoms with Gasteiger partial charge in [0.25, 0.3) is 5.91 Å². The van der Waals surface area contributed by atoms with E-state index in [1.165, 1.54) is 4.68 Å². The van der Waals surface area contributed by atoms with Crippen LogP contribution in [0.4, 0.5) is 5.69 Å². The van der Waals surface area contributed by atoms with E-state index in [0.29, 0.717) is 5.69 Å². The molecule has 1 aromatic carbocycles. The van der Waals surface area contributed by atoms with Crippen molar-refractivity contribution in [2.24, 2.45) is 7.05 Å². The number of aryl methyl sites for hydroxylation is 2. The quantitative estimate of drug-likeness (QED) is 0.824. The summed E-state index contributed by atoms with van der Waals surface area (Å²) in [4.78, 5) is 11.7. The fourth-order valence-electron chi connectivity index (χ4n) is 1.37. The lowest BCUT2D eigenvalue weighted by molar-refractivity contribution is 0.102. The predicted octanol–water partition coefficient (Wildman–Crippen LogP) is 1.38. The minimum Gasteiger partial charge on any atom is -0.321 e. The molecule has 0 bridgehead atoms. The van der Waals surface area contributed by atoms with Crippen LogP contribution < -0.4 is 5.32 Å². The summed E-state index contributed by atoms with van der Waals surface area (Å²) >= 11 is 0. The number of hydrogen-bond acceptors (Lipinski definition) is 3. The third-order valence-corrected chi connectivity index (χ3v) is 2.11. The van der Waals surface area contributed by atoms with Gasteiger partial charge < -0.3 is 5.32 Å². The second kappa shape index (κ2) is 4.14. The van der Waals surface area contributed by atoms with Crippen molar-refractivity contribution in [3.8, 4) is 0 Å². The topological polar surface area (TPSA) is 59.8 Å². The zero-order valence-electron chi connectivity index (χ0n) is 9.14. The highest BCUT2D eigenvalue weighted by Crippen LogP contribution is 2.10. The van der Waals surface area contributed by atoms with Crippen LogP contribution in [0.15, 0.2) is 30.5 Å². The van der Waals surface area contributed by atoms with E-state index in [4.69, 9.17) is 0 Å². The van der Waals surface area contributed by atoms with E-state index < -0.39 is 0 Å². The molecule has 5 heteroatoms. The molecule has 0 atom stereocenters. The van der Waals surface area contributed by atoms with Crippen molar-refractivity contribution in [2.45, 2.75) is 6.92 Å². The molecule has 5 nitrogen and oxygen atoms in total. The van der Waals surface area contributed by atoms with Gasteiger partial charge in [0.15, 0.2) is 5.69 Å². The largest absolute Gasteiger partial charge is 0.321 e. The average Bonchev–Trinajstić information content (AvgIpc) is 2.65. The van der Waals surface area contributed by atoms with Crippen LogP contribution >= 0.6 is 0 Å². The third-order valence-electron chi connectivity index (χ3n) is 2.11. The molecule has 16 heavy (non-hydrogen) atoms. The fourth-order valence-corrected chi connectivity index (χ4v) is 1.37. The van der Waals surface area contributed by atoms with E-state index >= 15 is 0 Å². The van der Waals surface area contributed by atoms with Crippen molar-refractivity contribution in [3.05, 3.63) is 41.7 Å². The van der Waals surface area contributed by atoms with Gasteiger partial charge in [-0.1, -0.05) is 17.3 Å². The summed E-state index contributed by atoms with van der Waals surface area (Å²) in [7, 11) is 1.72. The number of carbonyl (C=O) groups is 1. The molecular formula is C11H12N4O. The second-order valence-corrected chi connectivity index (χ2v) is 3.60. The van der Waals surface area contributed by atoms with Crippen LogP contribution in [-0.2, 0) is 7.05 Å². The molecule has 2 rings (SSSR count). The summed E-state index contributed by atoms with van der Waals surface area (Å²) in [5.41, 5.74) is 2.16. The number of carbonyl (C=O) groups excluding carboxylic acids is 1. The number of aromatic nitrogens is 3. The number of amides is 1. The van der Waals surface area contributed by atoms with Crippen molar-refractivity contribution in [1.82, 2.24) is 15.0 Å². The van der Waals surface area contributed by atoms with E-state index in [9.17, 15) is 4.79 Å². The van der Waals surface area contributed by atoms with Crippen LogP contribution in [0, 0.1) is 6.92 Å². The molecule has 1 aromatic heterocycles. The van der Waals surface area contributed by atoms with Crippen molar-refractivity contribution in [1.29, 1.82) is 0 Å². The zero-order chi connectivity index (χ0) is 11.5. The Morgan fingerprint density at radius 2 is 2.25 bits per heavy atom. The Kier molecular flexibility index (Phi) is 2.68. The van der Waals surface area contributed by atoms with Gasteiger partial charge in [-0.25, -0.2) is 0 Å². The highest BCUT2D eigenvalue weighted by molar-refractivity contribution is 6.02. The van der Waals surface area contributed by atoms with E-state index in [-0.39, 0.29) is 5.91 Å². The smallest absolute Gasteiger partial charge is 0.277 e. The standard InChI is InChI=1S/C11H12N4O/c1-8-4-3-5-9(6-8)12-11(16)10-7-15(2)14-13-10/h3-7H,1-2H3,(H,12,16). The Balaban J connectivity index is 2.13. The Hall–Kier alpha value is -2.17. The molecule has 0 fully saturated rings. The fraction of sp³-hybridized carbons (Fsp3) is 0.182. The molecule has 1 heterocycles. The van der Waals surface area contributed by atoms with E-state index in [1.54, 1.807) is 13.2 Å². The first-order chi connectivity index (χ1) is 7.65. The summed E-state index contributed by atoms with van der Waals surface area (Å²) in [6.45, 7) is 1.97. The number of anilines is 1. The van der Waals surface area contributed by atoms with Crippen LogP contribution in [0.2, 0.25) is 0 Å². The summed E-state index contributed by atoms with van der Waals surface area (Å²) < 4.78 is 1.49. The molecule has 2 aromatic rings. The van der Waals surface area contributed by atoms with Gasteiger partial charge in [0.1, 0.15) is 0 Å². The number of hydrogen-bond donors (Lipinski definition) is 1. The maximum absolute atomic E-state index is 11.7. The number of nitrogens with zero attached hydrogens (tertiary/aromatic N) is 3. The van der Waals surface area contributed by atoms with Gasteiger partial charge in [0.2, 0.25) is 0 Å². The Morgan fingerprint density at radius 3 is 2.88 bits per heavy atom. The SMILES string of the molecule is Cc1cccc(NC(=O)c2cn(C)nn2)c1. The molecule has 0 saturated carbocycles. The molecule has 0 radical (unpaired) electrons. The van der Waals surface area contributed by atoms with Gasteiger partial charge in [-0.2, -0.15) is 0 Å². The highest BCUT2D eigenvalue weighted by Gasteiger charge is 2.09. The molecule has 0 unspecified atom stereocenters. The number of rotatable bonds is 2. The lowest BCUT2D eigenvalue weighted by Gasteiger charge is -2.03. The molecule has 0 aliphatic carbocycles. The van der Waals surface area contributed by atoms with Gasteiger partial charge in [-0.15, -0.1) is 5.10 Å². The molecular weight excluding hydrogens is 204 g/mol. The minimum absolute atomic E-state index is 0.251. The molecule has 82 valence electrons. The predicted molar refractivity (Wildman–Crippen MR) is 60.1 cm³/mol. The number of nitrogens with one attached hydrogen (secondary N) is 1. The molecule has 0 spiro atoms. The normalized spacial score (nSPS) is 10.1. The molecule has 0 aliphatic heterocycles. The monoisotopic (exact) mass is 216 g/mol. The van der Waals surface area contributed by atoms with Crippen molar-refractivity contribution in [2.75, 3.05) is 5.32 Å². The number of benzene rings is 1. The zero-order valence-corrected chi connectivity index (χ0v) is 9.14. The van der Waals surface area contributed by atoms with Crippen molar-refractivity contribution in [3.63, 3.8) is 0 Å². The van der Waals surface area contributed by atoms with Gasteiger partial charge >= 0.3 is 0 Å². The van der Waals surface area contributed by atoms with Crippen LogP contribution in [0.25, 0.3) is 0 Å². The second-order valence-electron chi connectivity index (χ2n) is 3.60. The van der Waals surface area contributed by atoms with Crippen molar-refractivity contribution < 1.29 is 4.79 Å². The van der Waals surface area contributed by atoms with Crippen LogP contribution in [0.3, 0.4) is 0 Å². The third kappa shape index (κ3) is 2.25. The Labute approximate surface area is 93.1 Å². The van der Waals surface area contributed by atoms with Crippen molar-refractivity contribution >= 4 is 11.6 Å². The lowest BCUT2D eigenvalue weighted by atomic mass is 10.2.